The lowest BCUT2D eigenvalue weighted by Gasteiger charge is -2.17. The molecule has 31 heavy (non-hydrogen) atoms. The molecule has 0 aromatic rings. The van der Waals surface area contributed by atoms with Gasteiger partial charge in [0, 0.05) is 6.42 Å². The van der Waals surface area contributed by atoms with E-state index in [9.17, 15) is 9.59 Å². The molecule has 0 bridgehead atoms. The van der Waals surface area contributed by atoms with E-state index in [4.69, 9.17) is 5.11 Å². The smallest absolute Gasteiger partial charge is 0.326 e. The van der Waals surface area contributed by atoms with Gasteiger partial charge in [0.1, 0.15) is 6.04 Å². The fourth-order valence-corrected chi connectivity index (χ4v) is 4.12. The molecule has 184 valence electrons. The van der Waals surface area contributed by atoms with Crippen LogP contribution in [0.5, 0.6) is 0 Å². The summed E-state index contributed by atoms with van der Waals surface area (Å²) in [6.45, 7) is 5.91. The third kappa shape index (κ3) is 20.6. The maximum atomic E-state index is 11.9. The summed E-state index contributed by atoms with van der Waals surface area (Å²) in [5.74, 6) is -1.17. The van der Waals surface area contributed by atoms with E-state index in [-0.39, 0.29) is 11.8 Å². The number of carbonyl (C=O) groups excluding carboxylic acids is 1. The Morgan fingerprint density at radius 2 is 0.935 bits per heavy atom. The molecule has 0 aliphatic carbocycles. The van der Waals surface area contributed by atoms with Crippen molar-refractivity contribution in [3.05, 3.63) is 0 Å². The third-order valence-electron chi connectivity index (χ3n) is 6.26. The van der Waals surface area contributed by atoms with Gasteiger partial charge in [0.05, 0.1) is 0 Å². The molecule has 0 saturated carbocycles. The summed E-state index contributed by atoms with van der Waals surface area (Å²) >= 11 is 0. The van der Waals surface area contributed by atoms with Crippen molar-refractivity contribution in [1.82, 2.24) is 5.32 Å². The van der Waals surface area contributed by atoms with Gasteiger partial charge in [-0.05, 0) is 12.3 Å². The minimum absolute atomic E-state index is 0.0912. The second kappa shape index (κ2) is 22.1. The van der Waals surface area contributed by atoms with Gasteiger partial charge in [0.25, 0.3) is 0 Å². The zero-order chi connectivity index (χ0) is 23.2. The number of hydrogen-bond acceptors (Lipinski definition) is 2. The lowest BCUT2D eigenvalue weighted by atomic mass is 10.0. The Balaban J connectivity index is 3.28. The van der Waals surface area contributed by atoms with E-state index < -0.39 is 12.0 Å². The van der Waals surface area contributed by atoms with Crippen molar-refractivity contribution in [3.63, 3.8) is 0 Å². The quantitative estimate of drug-likeness (QED) is 0.158. The lowest BCUT2D eigenvalue weighted by Crippen LogP contribution is -2.44. The van der Waals surface area contributed by atoms with E-state index >= 15 is 0 Å². The molecule has 0 spiro atoms. The van der Waals surface area contributed by atoms with Crippen LogP contribution in [0, 0.1) is 5.92 Å². The van der Waals surface area contributed by atoms with Crippen molar-refractivity contribution in [1.29, 1.82) is 0 Å². The molecular weight excluding hydrogens is 386 g/mol. The molecule has 0 radical (unpaired) electrons. The molecule has 4 heteroatoms. The molecule has 0 saturated heterocycles. The Kier molecular flexibility index (Phi) is 21.4. The summed E-state index contributed by atoms with van der Waals surface area (Å²) in [4.78, 5) is 23.0. The molecule has 0 aliphatic rings. The average Bonchev–Trinajstić information content (AvgIpc) is 2.73. The zero-order valence-electron chi connectivity index (χ0n) is 21.1. The van der Waals surface area contributed by atoms with E-state index in [0.29, 0.717) is 6.42 Å². The minimum atomic E-state index is -0.948. The van der Waals surface area contributed by atoms with Crippen molar-refractivity contribution in [3.8, 4) is 0 Å². The van der Waals surface area contributed by atoms with Crippen LogP contribution in [0.1, 0.15) is 149 Å². The van der Waals surface area contributed by atoms with Gasteiger partial charge in [-0.2, -0.15) is 0 Å². The van der Waals surface area contributed by atoms with Gasteiger partial charge < -0.3 is 10.4 Å². The molecule has 0 rings (SSSR count). The maximum Gasteiger partial charge on any atom is 0.326 e. The molecule has 2 N–H and O–H groups in total. The number of rotatable bonds is 23. The molecule has 0 fully saturated rings. The topological polar surface area (TPSA) is 66.4 Å². The van der Waals surface area contributed by atoms with E-state index in [1.165, 1.54) is 109 Å². The molecule has 0 aromatic carbocycles. The number of hydrogen-bond donors (Lipinski definition) is 2. The molecule has 4 nitrogen and oxygen atoms in total. The average molecular weight is 440 g/mol. The molecular formula is C27H53NO3. The highest BCUT2D eigenvalue weighted by Crippen LogP contribution is 2.15. The summed E-state index contributed by atoms with van der Waals surface area (Å²) < 4.78 is 0. The summed E-state index contributed by atoms with van der Waals surface area (Å²) in [6, 6.07) is -0.771. The lowest BCUT2D eigenvalue weighted by molar-refractivity contribution is -0.143. The van der Waals surface area contributed by atoms with Crippen LogP contribution in [0.25, 0.3) is 0 Å². The van der Waals surface area contributed by atoms with Crippen molar-refractivity contribution in [2.45, 2.75) is 155 Å². The number of carboxylic acids is 1. The van der Waals surface area contributed by atoms with Crippen LogP contribution in [0.3, 0.4) is 0 Å². The van der Waals surface area contributed by atoms with Gasteiger partial charge in [-0.25, -0.2) is 4.79 Å². The minimum Gasteiger partial charge on any atom is -0.480 e. The summed E-state index contributed by atoms with van der Waals surface area (Å²) in [6.07, 6.45) is 25.8. The number of carbonyl (C=O) groups is 2. The number of nitrogens with one attached hydrogen (secondary N) is 1. The maximum absolute atomic E-state index is 11.9. The zero-order valence-corrected chi connectivity index (χ0v) is 21.1. The van der Waals surface area contributed by atoms with Gasteiger partial charge in [-0.3, -0.25) is 4.79 Å². The fourth-order valence-electron chi connectivity index (χ4n) is 4.12. The van der Waals surface area contributed by atoms with Crippen LogP contribution < -0.4 is 5.32 Å². The predicted molar refractivity (Wildman–Crippen MR) is 132 cm³/mol. The first kappa shape index (κ1) is 29.9. The fraction of sp³-hybridized carbons (Fsp3) is 0.926. The van der Waals surface area contributed by atoms with Gasteiger partial charge in [0.2, 0.25) is 5.91 Å². The first-order valence-electron chi connectivity index (χ1n) is 13.5. The van der Waals surface area contributed by atoms with Gasteiger partial charge >= 0.3 is 5.97 Å². The standard InChI is InChI=1S/C27H53NO3/c1-4-5-6-7-8-9-10-11-12-13-14-15-16-17-18-19-20-21-22-23-25(29)28-26(24(2)3)27(30)31/h24,26H,4-23H2,1-3H3,(H,28,29)(H,30,31)/t26-/m0/s1. The van der Waals surface area contributed by atoms with E-state index in [1.807, 2.05) is 13.8 Å². The number of aliphatic carboxylic acids is 1. The molecule has 0 heterocycles. The Morgan fingerprint density at radius 3 is 1.23 bits per heavy atom. The Bertz CT molecular complexity index is 423. The summed E-state index contributed by atoms with van der Waals surface area (Å²) in [5.41, 5.74) is 0. The highest BCUT2D eigenvalue weighted by molar-refractivity contribution is 5.83. The third-order valence-corrected chi connectivity index (χ3v) is 6.26. The second-order valence-electron chi connectivity index (χ2n) is 9.74. The highest BCUT2D eigenvalue weighted by Gasteiger charge is 2.22. The molecule has 0 unspecified atom stereocenters. The Morgan fingerprint density at radius 1 is 0.613 bits per heavy atom. The van der Waals surface area contributed by atoms with Crippen molar-refractivity contribution in [2.24, 2.45) is 5.92 Å². The molecule has 1 amide bonds. The number of amides is 1. The SMILES string of the molecule is CCCCCCCCCCCCCCCCCCCCCC(=O)N[C@H](C(=O)O)C(C)C. The highest BCUT2D eigenvalue weighted by atomic mass is 16.4. The predicted octanol–water partition coefficient (Wildman–Crippen LogP) is 8.03. The van der Waals surface area contributed by atoms with Gasteiger partial charge in [-0.15, -0.1) is 0 Å². The monoisotopic (exact) mass is 439 g/mol. The number of carboxylic acid groups (broad SMARTS) is 1. The van der Waals surface area contributed by atoms with Crippen molar-refractivity contribution < 1.29 is 14.7 Å². The number of unbranched alkanes of at least 4 members (excludes halogenated alkanes) is 18. The summed E-state index contributed by atoms with van der Waals surface area (Å²) in [7, 11) is 0. The van der Waals surface area contributed by atoms with E-state index in [2.05, 4.69) is 12.2 Å². The molecule has 0 aromatic heterocycles. The van der Waals surface area contributed by atoms with Crippen molar-refractivity contribution >= 4 is 11.9 Å². The van der Waals surface area contributed by atoms with E-state index in [1.54, 1.807) is 0 Å². The normalized spacial score (nSPS) is 12.3. The molecule has 1 atom stereocenters. The van der Waals surface area contributed by atoms with E-state index in [0.717, 1.165) is 12.8 Å². The van der Waals surface area contributed by atoms with Crippen LogP contribution in [-0.4, -0.2) is 23.0 Å². The largest absolute Gasteiger partial charge is 0.480 e. The Hall–Kier alpha value is -1.06. The Labute approximate surface area is 193 Å². The van der Waals surface area contributed by atoms with Crippen LogP contribution >= 0.6 is 0 Å². The molecule has 0 aliphatic heterocycles. The van der Waals surface area contributed by atoms with Gasteiger partial charge in [0.15, 0.2) is 0 Å². The van der Waals surface area contributed by atoms with Gasteiger partial charge in [-0.1, -0.05) is 136 Å². The van der Waals surface area contributed by atoms with Crippen LogP contribution in [0.15, 0.2) is 0 Å². The first-order valence-corrected chi connectivity index (χ1v) is 13.5. The van der Waals surface area contributed by atoms with Crippen LogP contribution in [0.4, 0.5) is 0 Å². The first-order chi connectivity index (χ1) is 15.0. The van der Waals surface area contributed by atoms with Crippen molar-refractivity contribution in [2.75, 3.05) is 0 Å². The van der Waals surface area contributed by atoms with Crippen LogP contribution in [0.2, 0.25) is 0 Å². The van der Waals surface area contributed by atoms with Crippen LogP contribution in [-0.2, 0) is 9.59 Å². The second-order valence-corrected chi connectivity index (χ2v) is 9.74. The summed E-state index contributed by atoms with van der Waals surface area (Å²) in [5, 5.41) is 11.7.